The number of carbonyl (C=O) groups excluding carboxylic acids is 1. The molecule has 4 heteroatoms. The van der Waals surface area contributed by atoms with E-state index in [0.717, 1.165) is 24.8 Å². The smallest absolute Gasteiger partial charge is 0.313 e. The number of rotatable bonds is 6. The third-order valence-corrected chi connectivity index (χ3v) is 4.27. The Hall–Kier alpha value is -2.17. The van der Waals surface area contributed by atoms with E-state index < -0.39 is 0 Å². The predicted molar refractivity (Wildman–Crippen MR) is 95.3 cm³/mol. The van der Waals surface area contributed by atoms with Gasteiger partial charge in [-0.1, -0.05) is 48.5 Å². The lowest BCUT2D eigenvalue weighted by atomic mass is 10.1. The highest BCUT2D eigenvalue weighted by Crippen LogP contribution is 2.20. The first-order valence-electron chi connectivity index (χ1n) is 8.82. The number of hydrogen-bond acceptors (Lipinski definition) is 4. The predicted octanol–water partition coefficient (Wildman–Crippen LogP) is 4.14. The molecular weight excluding hydrogens is 316 g/mol. The molecule has 0 aliphatic carbocycles. The van der Waals surface area contributed by atoms with Crippen molar-refractivity contribution in [3.63, 3.8) is 0 Å². The van der Waals surface area contributed by atoms with Gasteiger partial charge in [-0.2, -0.15) is 0 Å². The summed E-state index contributed by atoms with van der Waals surface area (Å²) in [5.74, 6) is 0.324. The lowest BCUT2D eigenvalue weighted by molar-refractivity contribution is -0.138. The monoisotopic (exact) mass is 340 g/mol. The molecule has 25 heavy (non-hydrogen) atoms. The van der Waals surface area contributed by atoms with Crippen LogP contribution in [-0.2, 0) is 20.9 Å². The highest BCUT2D eigenvalue weighted by atomic mass is 16.5. The molecule has 1 heterocycles. The molecule has 2 aromatic rings. The fourth-order valence-electron chi connectivity index (χ4n) is 2.91. The van der Waals surface area contributed by atoms with E-state index in [0.29, 0.717) is 19.0 Å². The molecule has 2 aromatic carbocycles. The molecule has 4 nitrogen and oxygen atoms in total. The van der Waals surface area contributed by atoms with Crippen LogP contribution in [0.1, 0.15) is 31.2 Å². The molecular formula is C21H24O4. The molecule has 1 fully saturated rings. The van der Waals surface area contributed by atoms with Gasteiger partial charge < -0.3 is 14.2 Å². The zero-order chi connectivity index (χ0) is 17.3. The van der Waals surface area contributed by atoms with E-state index >= 15 is 0 Å². The van der Waals surface area contributed by atoms with E-state index in [4.69, 9.17) is 14.2 Å². The van der Waals surface area contributed by atoms with Crippen molar-refractivity contribution < 1.29 is 19.0 Å². The summed E-state index contributed by atoms with van der Waals surface area (Å²) in [5, 5.41) is 0. The summed E-state index contributed by atoms with van der Waals surface area (Å²) in [4.78, 5) is 12.1. The van der Waals surface area contributed by atoms with Gasteiger partial charge in [0.15, 0.2) is 0 Å². The normalized spacial score (nSPS) is 20.6. The van der Waals surface area contributed by atoms with Crippen LogP contribution >= 0.6 is 0 Å². The minimum atomic E-state index is -0.250. The molecule has 2 atom stereocenters. The average molecular weight is 340 g/mol. The molecule has 1 aliphatic rings. The number of ether oxygens (including phenoxy) is 3. The number of carbonyl (C=O) groups is 1. The SMILES string of the molecule is O=C(C[C@@H]1CCC[C@H](OCc2ccccc2)CO1)Oc1ccccc1. The Morgan fingerprint density at radius 1 is 1.00 bits per heavy atom. The van der Waals surface area contributed by atoms with Crippen molar-refractivity contribution in [3.05, 3.63) is 66.2 Å². The maximum Gasteiger partial charge on any atom is 0.313 e. The van der Waals surface area contributed by atoms with Crippen LogP contribution in [0.3, 0.4) is 0 Å². The molecule has 0 radical (unpaired) electrons. The topological polar surface area (TPSA) is 44.8 Å². The highest BCUT2D eigenvalue weighted by Gasteiger charge is 2.22. The number of benzene rings is 2. The molecule has 1 saturated heterocycles. The number of para-hydroxylation sites is 1. The Bertz CT molecular complexity index is 641. The van der Waals surface area contributed by atoms with Crippen LogP contribution in [0, 0.1) is 0 Å². The largest absolute Gasteiger partial charge is 0.426 e. The Morgan fingerprint density at radius 2 is 1.72 bits per heavy atom. The Labute approximate surface area is 148 Å². The second-order valence-electron chi connectivity index (χ2n) is 6.30. The first-order valence-corrected chi connectivity index (χ1v) is 8.82. The van der Waals surface area contributed by atoms with Crippen molar-refractivity contribution >= 4 is 5.97 Å². The van der Waals surface area contributed by atoms with Crippen molar-refractivity contribution in [1.82, 2.24) is 0 Å². The van der Waals surface area contributed by atoms with Crippen LogP contribution in [0.2, 0.25) is 0 Å². The zero-order valence-corrected chi connectivity index (χ0v) is 14.3. The standard InChI is InChI=1S/C21H24O4/c22-21(25-18-10-5-2-6-11-18)14-19-12-7-13-20(16-24-19)23-15-17-8-3-1-4-9-17/h1-6,8-11,19-20H,7,12-16H2/t19-,20-/m0/s1. The van der Waals surface area contributed by atoms with E-state index in [-0.39, 0.29) is 24.6 Å². The van der Waals surface area contributed by atoms with E-state index in [1.54, 1.807) is 12.1 Å². The third kappa shape index (κ3) is 6.00. The lowest BCUT2D eigenvalue weighted by Crippen LogP contribution is -2.23. The van der Waals surface area contributed by atoms with Gasteiger partial charge in [-0.05, 0) is 37.0 Å². The minimum absolute atomic E-state index is 0.0790. The van der Waals surface area contributed by atoms with Crippen LogP contribution in [0.25, 0.3) is 0 Å². The van der Waals surface area contributed by atoms with Gasteiger partial charge >= 0.3 is 5.97 Å². The quantitative estimate of drug-likeness (QED) is 0.586. The second kappa shape index (κ2) is 9.35. The average Bonchev–Trinajstić information content (AvgIpc) is 2.87. The van der Waals surface area contributed by atoms with Gasteiger partial charge in [0.2, 0.25) is 0 Å². The van der Waals surface area contributed by atoms with Crippen molar-refractivity contribution in [2.45, 2.75) is 44.5 Å². The van der Waals surface area contributed by atoms with Gasteiger partial charge in [0, 0.05) is 0 Å². The molecule has 0 amide bonds. The minimum Gasteiger partial charge on any atom is -0.426 e. The highest BCUT2D eigenvalue weighted by molar-refractivity contribution is 5.72. The Balaban J connectivity index is 1.41. The molecule has 0 aromatic heterocycles. The molecule has 132 valence electrons. The van der Waals surface area contributed by atoms with E-state index in [2.05, 4.69) is 12.1 Å². The second-order valence-corrected chi connectivity index (χ2v) is 6.30. The summed E-state index contributed by atoms with van der Waals surface area (Å²) < 4.78 is 17.2. The lowest BCUT2D eigenvalue weighted by Gasteiger charge is -2.17. The molecule has 0 N–H and O–H groups in total. The van der Waals surface area contributed by atoms with Gasteiger partial charge in [-0.3, -0.25) is 4.79 Å². The van der Waals surface area contributed by atoms with Gasteiger partial charge in [0.05, 0.1) is 31.8 Å². The zero-order valence-electron chi connectivity index (χ0n) is 14.3. The summed E-state index contributed by atoms with van der Waals surface area (Å²) in [6.45, 7) is 1.12. The van der Waals surface area contributed by atoms with Crippen molar-refractivity contribution in [3.8, 4) is 5.75 Å². The first kappa shape index (κ1) is 17.6. The van der Waals surface area contributed by atoms with Crippen LogP contribution in [-0.4, -0.2) is 24.8 Å². The third-order valence-electron chi connectivity index (χ3n) is 4.27. The fraction of sp³-hybridized carbons (Fsp3) is 0.381. The molecule has 0 unspecified atom stereocenters. The Morgan fingerprint density at radius 3 is 2.48 bits per heavy atom. The van der Waals surface area contributed by atoms with Gasteiger partial charge in [0.25, 0.3) is 0 Å². The molecule has 0 bridgehead atoms. The molecule has 0 saturated carbocycles. The van der Waals surface area contributed by atoms with Crippen molar-refractivity contribution in [2.24, 2.45) is 0 Å². The molecule has 1 aliphatic heterocycles. The summed E-state index contributed by atoms with van der Waals surface area (Å²) >= 11 is 0. The van der Waals surface area contributed by atoms with Crippen LogP contribution in [0.4, 0.5) is 0 Å². The van der Waals surface area contributed by atoms with Gasteiger partial charge in [0.1, 0.15) is 5.75 Å². The molecule has 3 rings (SSSR count). The maximum absolute atomic E-state index is 12.1. The first-order chi connectivity index (χ1) is 12.3. The Kier molecular flexibility index (Phi) is 6.60. The fourth-order valence-corrected chi connectivity index (χ4v) is 2.91. The number of esters is 1. The maximum atomic E-state index is 12.1. The van der Waals surface area contributed by atoms with Crippen LogP contribution < -0.4 is 4.74 Å². The van der Waals surface area contributed by atoms with Gasteiger partial charge in [-0.15, -0.1) is 0 Å². The summed E-state index contributed by atoms with van der Waals surface area (Å²) in [7, 11) is 0. The number of hydrogen-bond donors (Lipinski definition) is 0. The van der Waals surface area contributed by atoms with E-state index in [1.807, 2.05) is 36.4 Å². The summed E-state index contributed by atoms with van der Waals surface area (Å²) in [5.41, 5.74) is 1.16. The van der Waals surface area contributed by atoms with Gasteiger partial charge in [-0.25, -0.2) is 0 Å². The van der Waals surface area contributed by atoms with E-state index in [9.17, 15) is 4.79 Å². The van der Waals surface area contributed by atoms with E-state index in [1.165, 1.54) is 0 Å². The van der Waals surface area contributed by atoms with Crippen molar-refractivity contribution in [1.29, 1.82) is 0 Å². The summed E-state index contributed by atoms with van der Waals surface area (Å²) in [6, 6.07) is 19.3. The van der Waals surface area contributed by atoms with Crippen LogP contribution in [0.15, 0.2) is 60.7 Å². The van der Waals surface area contributed by atoms with Crippen molar-refractivity contribution in [2.75, 3.05) is 6.61 Å². The van der Waals surface area contributed by atoms with Crippen LogP contribution in [0.5, 0.6) is 5.75 Å². The molecule has 0 spiro atoms. The summed E-state index contributed by atoms with van der Waals surface area (Å²) in [6.07, 6.45) is 3.06.